The van der Waals surface area contributed by atoms with Crippen molar-refractivity contribution < 1.29 is 0 Å². The van der Waals surface area contributed by atoms with Gasteiger partial charge in [0.05, 0.1) is 5.39 Å². The minimum absolute atomic E-state index is 0.736. The number of rotatable bonds is 3. The molecular weight excluding hydrogens is 362 g/mol. The topological polar surface area (TPSA) is 37.8 Å². The maximum absolute atomic E-state index is 6.27. The van der Waals surface area contributed by atoms with Crippen molar-refractivity contribution in [2.75, 3.05) is 5.32 Å². The summed E-state index contributed by atoms with van der Waals surface area (Å²) in [4.78, 5) is 9.92. The number of aryl methyl sites for hydroxylation is 3. The summed E-state index contributed by atoms with van der Waals surface area (Å²) in [5, 5.41) is 7.35. The van der Waals surface area contributed by atoms with Crippen LogP contribution in [0.15, 0.2) is 48.1 Å². The Bertz CT molecular complexity index is 1120. The van der Waals surface area contributed by atoms with E-state index in [4.69, 9.17) is 11.6 Å². The van der Waals surface area contributed by atoms with Crippen LogP contribution < -0.4 is 5.32 Å². The zero-order valence-electron chi connectivity index (χ0n) is 14.8. The van der Waals surface area contributed by atoms with E-state index in [1.807, 2.05) is 25.1 Å². The molecule has 1 N–H and O–H groups in total. The summed E-state index contributed by atoms with van der Waals surface area (Å²) in [6, 6.07) is 12.5. The summed E-state index contributed by atoms with van der Waals surface area (Å²) in [6.45, 7) is 6.24. The van der Waals surface area contributed by atoms with Gasteiger partial charge in [-0.3, -0.25) is 0 Å². The third-order valence-electron chi connectivity index (χ3n) is 4.48. The lowest BCUT2D eigenvalue weighted by Gasteiger charge is -2.11. The van der Waals surface area contributed by atoms with Crippen LogP contribution in [-0.2, 0) is 0 Å². The van der Waals surface area contributed by atoms with Crippen LogP contribution >= 0.6 is 22.9 Å². The molecule has 0 aliphatic carbocycles. The highest BCUT2D eigenvalue weighted by Gasteiger charge is 2.15. The first-order valence-corrected chi connectivity index (χ1v) is 9.61. The van der Waals surface area contributed by atoms with Gasteiger partial charge in [0.25, 0.3) is 0 Å². The Morgan fingerprint density at radius 2 is 1.77 bits per heavy atom. The Balaban J connectivity index is 1.85. The highest BCUT2D eigenvalue weighted by molar-refractivity contribution is 7.17. The predicted molar refractivity (Wildman–Crippen MR) is 112 cm³/mol. The van der Waals surface area contributed by atoms with Crippen molar-refractivity contribution >= 4 is 44.7 Å². The van der Waals surface area contributed by atoms with Gasteiger partial charge in [-0.15, -0.1) is 11.3 Å². The number of hydrogen-bond donors (Lipinski definition) is 1. The Kier molecular flexibility index (Phi) is 4.39. The zero-order chi connectivity index (χ0) is 18.3. The van der Waals surface area contributed by atoms with Gasteiger partial charge in [0.2, 0.25) is 0 Å². The molecule has 0 saturated carbocycles. The van der Waals surface area contributed by atoms with Gasteiger partial charge >= 0.3 is 0 Å². The Morgan fingerprint density at radius 1 is 0.923 bits per heavy atom. The van der Waals surface area contributed by atoms with Gasteiger partial charge in [0, 0.05) is 21.7 Å². The first-order chi connectivity index (χ1) is 12.5. The van der Waals surface area contributed by atoms with Crippen molar-refractivity contribution in [1.29, 1.82) is 0 Å². The monoisotopic (exact) mass is 379 g/mol. The highest BCUT2D eigenvalue weighted by atomic mass is 35.5. The Hall–Kier alpha value is -2.43. The van der Waals surface area contributed by atoms with Crippen LogP contribution in [0.25, 0.3) is 21.3 Å². The smallest absolute Gasteiger partial charge is 0.143 e. The fraction of sp³-hybridized carbons (Fsp3) is 0.143. The molecule has 0 unspecified atom stereocenters. The minimum Gasteiger partial charge on any atom is -0.340 e. The summed E-state index contributed by atoms with van der Waals surface area (Å²) in [7, 11) is 0. The predicted octanol–water partition coefficient (Wildman–Crippen LogP) is 6.68. The first-order valence-electron chi connectivity index (χ1n) is 8.36. The van der Waals surface area contributed by atoms with E-state index in [1.54, 1.807) is 17.7 Å². The lowest BCUT2D eigenvalue weighted by molar-refractivity contribution is 1.23. The molecule has 5 heteroatoms. The van der Waals surface area contributed by atoms with Gasteiger partial charge in [-0.05, 0) is 49.6 Å². The summed E-state index contributed by atoms with van der Waals surface area (Å²) in [6.07, 6.45) is 1.60. The number of nitrogens with zero attached hydrogens (tertiary/aromatic N) is 2. The molecule has 4 rings (SSSR count). The third-order valence-corrected chi connectivity index (χ3v) is 5.77. The van der Waals surface area contributed by atoms with Gasteiger partial charge in [-0.25, -0.2) is 9.97 Å². The normalized spacial score (nSPS) is 11.1. The molecule has 0 spiro atoms. The molecule has 26 heavy (non-hydrogen) atoms. The zero-order valence-corrected chi connectivity index (χ0v) is 16.4. The summed E-state index contributed by atoms with van der Waals surface area (Å²) >= 11 is 7.90. The summed E-state index contributed by atoms with van der Waals surface area (Å²) < 4.78 is 0. The van der Waals surface area contributed by atoms with Crippen LogP contribution in [0.2, 0.25) is 5.02 Å². The third kappa shape index (κ3) is 3.06. The number of benzene rings is 2. The Labute approximate surface area is 161 Å². The molecule has 4 aromatic rings. The maximum Gasteiger partial charge on any atom is 0.143 e. The van der Waals surface area contributed by atoms with Crippen molar-refractivity contribution in [1.82, 2.24) is 9.97 Å². The molecule has 0 bridgehead atoms. The van der Waals surface area contributed by atoms with E-state index >= 15 is 0 Å². The molecule has 2 heterocycles. The molecule has 0 aliphatic rings. The molecule has 0 radical (unpaired) electrons. The molecule has 0 atom stereocenters. The quantitative estimate of drug-likeness (QED) is 0.431. The van der Waals surface area contributed by atoms with Crippen LogP contribution in [-0.4, -0.2) is 9.97 Å². The SMILES string of the molecule is Cc1ccc(-c2csc3ncnc(Nc4ccc(C)c(Cl)c4)c23)c(C)c1. The first kappa shape index (κ1) is 17.0. The molecule has 0 fully saturated rings. The molecule has 2 aromatic heterocycles. The number of thiophene rings is 1. The second kappa shape index (κ2) is 6.71. The number of halogens is 1. The van der Waals surface area contributed by atoms with Crippen molar-refractivity contribution in [2.24, 2.45) is 0 Å². The van der Waals surface area contributed by atoms with Crippen molar-refractivity contribution in [2.45, 2.75) is 20.8 Å². The highest BCUT2D eigenvalue weighted by Crippen LogP contribution is 2.39. The lowest BCUT2D eigenvalue weighted by atomic mass is 9.99. The fourth-order valence-corrected chi connectivity index (χ4v) is 4.18. The minimum atomic E-state index is 0.736. The molecule has 0 amide bonds. The van der Waals surface area contributed by atoms with E-state index in [9.17, 15) is 0 Å². The van der Waals surface area contributed by atoms with Crippen LogP contribution in [0.1, 0.15) is 16.7 Å². The average Bonchev–Trinajstić information content (AvgIpc) is 3.03. The number of aromatic nitrogens is 2. The van der Waals surface area contributed by atoms with Gasteiger partial charge in [-0.2, -0.15) is 0 Å². The van der Waals surface area contributed by atoms with Crippen LogP contribution in [0.3, 0.4) is 0 Å². The van der Waals surface area contributed by atoms with Crippen LogP contribution in [0.5, 0.6) is 0 Å². The lowest BCUT2D eigenvalue weighted by Crippen LogP contribution is -1.96. The van der Waals surface area contributed by atoms with Gasteiger partial charge in [-0.1, -0.05) is 41.4 Å². The van der Waals surface area contributed by atoms with E-state index in [-0.39, 0.29) is 0 Å². The van der Waals surface area contributed by atoms with Gasteiger partial charge in [0.1, 0.15) is 17.0 Å². The molecule has 0 saturated heterocycles. The number of hydrogen-bond acceptors (Lipinski definition) is 4. The Morgan fingerprint density at radius 3 is 2.54 bits per heavy atom. The van der Waals surface area contributed by atoms with E-state index in [0.717, 1.165) is 37.9 Å². The largest absolute Gasteiger partial charge is 0.340 e. The van der Waals surface area contributed by atoms with Crippen molar-refractivity contribution in [3.63, 3.8) is 0 Å². The van der Waals surface area contributed by atoms with Crippen molar-refractivity contribution in [3.8, 4) is 11.1 Å². The van der Waals surface area contributed by atoms with Gasteiger partial charge < -0.3 is 5.32 Å². The average molecular weight is 380 g/mol. The molecule has 2 aromatic carbocycles. The fourth-order valence-electron chi connectivity index (χ4n) is 3.09. The second-order valence-corrected chi connectivity index (χ2v) is 7.72. The van der Waals surface area contributed by atoms with E-state index < -0.39 is 0 Å². The number of nitrogens with one attached hydrogen (secondary N) is 1. The second-order valence-electron chi connectivity index (χ2n) is 6.46. The van der Waals surface area contributed by atoms with Crippen LogP contribution in [0, 0.1) is 20.8 Å². The number of fused-ring (bicyclic) bond motifs is 1. The molecule has 3 nitrogen and oxygen atoms in total. The maximum atomic E-state index is 6.27. The van der Waals surface area contributed by atoms with E-state index in [2.05, 4.69) is 52.7 Å². The summed E-state index contributed by atoms with van der Waals surface area (Å²) in [5.74, 6) is 0.797. The molecular formula is C21H18ClN3S. The molecule has 130 valence electrons. The van der Waals surface area contributed by atoms with Crippen molar-refractivity contribution in [3.05, 3.63) is 69.8 Å². The van der Waals surface area contributed by atoms with E-state index in [1.165, 1.54) is 16.7 Å². The summed E-state index contributed by atoms with van der Waals surface area (Å²) in [5.41, 5.74) is 6.84. The van der Waals surface area contributed by atoms with Gasteiger partial charge in [0.15, 0.2) is 0 Å². The van der Waals surface area contributed by atoms with E-state index in [0.29, 0.717) is 0 Å². The van der Waals surface area contributed by atoms with Crippen LogP contribution in [0.4, 0.5) is 11.5 Å². The molecule has 0 aliphatic heterocycles. The number of anilines is 2. The standard InChI is InChI=1S/C21H18ClN3S/c1-12-4-7-16(14(3)8-12)17-10-26-21-19(17)20(23-11-24-21)25-15-6-5-13(2)18(22)9-15/h4-11H,1-3H3,(H,23,24,25).